The first kappa shape index (κ1) is 17.2. The van der Waals surface area contributed by atoms with Crippen molar-refractivity contribution in [3.63, 3.8) is 0 Å². The van der Waals surface area contributed by atoms with Crippen LogP contribution in [0, 0.1) is 5.82 Å². The highest BCUT2D eigenvalue weighted by molar-refractivity contribution is 9.10. The first-order valence-electron chi connectivity index (χ1n) is 7.33. The molecule has 21 heavy (non-hydrogen) atoms. The van der Waals surface area contributed by atoms with Gasteiger partial charge in [0, 0.05) is 49.8 Å². The van der Waals surface area contributed by atoms with Gasteiger partial charge in [-0.05, 0) is 36.7 Å². The lowest BCUT2D eigenvalue weighted by molar-refractivity contribution is 0.0979. The van der Waals surface area contributed by atoms with Gasteiger partial charge < -0.3 is 5.32 Å². The third-order valence-corrected chi connectivity index (χ3v) is 5.13. The van der Waals surface area contributed by atoms with Crippen molar-refractivity contribution in [3.8, 4) is 0 Å². The Morgan fingerprint density at radius 3 is 2.67 bits per heavy atom. The van der Waals surface area contributed by atoms with E-state index < -0.39 is 0 Å². The Morgan fingerprint density at radius 1 is 1.24 bits per heavy atom. The van der Waals surface area contributed by atoms with Gasteiger partial charge in [-0.2, -0.15) is 0 Å². The zero-order valence-corrected chi connectivity index (χ0v) is 14.4. The smallest absolute Gasteiger partial charge is 0.123 e. The number of hydrogen-bond acceptors (Lipinski definition) is 3. The summed E-state index contributed by atoms with van der Waals surface area (Å²) in [4.78, 5) is 5.01. The van der Waals surface area contributed by atoms with E-state index in [0.717, 1.165) is 61.9 Å². The van der Waals surface area contributed by atoms with Gasteiger partial charge in [0.05, 0.1) is 0 Å². The molecule has 0 aromatic heterocycles. The Bertz CT molecular complexity index is 460. The quantitative estimate of drug-likeness (QED) is 0.872. The minimum Gasteiger partial charge on any atom is -0.315 e. The molecule has 0 aliphatic carbocycles. The summed E-state index contributed by atoms with van der Waals surface area (Å²) in [6.45, 7) is 7.50. The maximum atomic E-state index is 13.3. The topological polar surface area (TPSA) is 18.5 Å². The highest BCUT2D eigenvalue weighted by atomic mass is 79.9. The molecule has 2 heterocycles. The Balaban J connectivity index is 0.00000161. The van der Waals surface area contributed by atoms with Crippen molar-refractivity contribution in [3.05, 3.63) is 34.1 Å². The van der Waals surface area contributed by atoms with Gasteiger partial charge >= 0.3 is 0 Å². The normalized spacial score (nSPS) is 24.0. The van der Waals surface area contributed by atoms with Crippen molar-refractivity contribution in [2.75, 3.05) is 39.3 Å². The maximum Gasteiger partial charge on any atom is 0.123 e. The molecule has 2 aliphatic rings. The van der Waals surface area contributed by atoms with Crippen LogP contribution in [0.5, 0.6) is 0 Å². The van der Waals surface area contributed by atoms with Crippen LogP contribution in [0.1, 0.15) is 12.0 Å². The first-order chi connectivity index (χ1) is 9.72. The van der Waals surface area contributed by atoms with Crippen molar-refractivity contribution in [1.82, 2.24) is 15.1 Å². The summed E-state index contributed by atoms with van der Waals surface area (Å²) in [6, 6.07) is 5.65. The van der Waals surface area contributed by atoms with Crippen LogP contribution in [0.25, 0.3) is 0 Å². The zero-order chi connectivity index (χ0) is 13.9. The van der Waals surface area contributed by atoms with Gasteiger partial charge in [-0.15, -0.1) is 12.4 Å². The predicted molar refractivity (Wildman–Crippen MR) is 89.5 cm³/mol. The van der Waals surface area contributed by atoms with E-state index in [2.05, 4.69) is 31.0 Å². The fourth-order valence-electron chi connectivity index (χ4n) is 3.14. The molecule has 2 saturated heterocycles. The standard InChI is InChI=1S/C15H21BrFN3.ClH/c16-15-2-1-13(17)9-12(15)11-19-5-7-20(8-6-19)14-3-4-18-10-14;/h1-2,9,14,18H,3-8,10-11H2;1H. The van der Waals surface area contributed by atoms with Crippen LogP contribution in [0.15, 0.2) is 22.7 Å². The van der Waals surface area contributed by atoms with E-state index >= 15 is 0 Å². The van der Waals surface area contributed by atoms with Crippen LogP contribution in [-0.2, 0) is 6.54 Å². The molecule has 0 spiro atoms. The molecule has 118 valence electrons. The van der Waals surface area contributed by atoms with Crippen LogP contribution >= 0.6 is 28.3 Å². The molecule has 2 fully saturated rings. The lowest BCUT2D eigenvalue weighted by Crippen LogP contribution is -2.50. The van der Waals surface area contributed by atoms with Crippen LogP contribution in [0.2, 0.25) is 0 Å². The summed E-state index contributed by atoms with van der Waals surface area (Å²) < 4.78 is 14.3. The van der Waals surface area contributed by atoms with Gasteiger partial charge in [0.25, 0.3) is 0 Å². The average Bonchev–Trinajstić information content (AvgIpc) is 2.98. The first-order valence-corrected chi connectivity index (χ1v) is 8.13. The maximum absolute atomic E-state index is 13.3. The van der Waals surface area contributed by atoms with Gasteiger partial charge in [0.15, 0.2) is 0 Å². The highest BCUT2D eigenvalue weighted by Crippen LogP contribution is 2.21. The fourth-order valence-corrected chi connectivity index (χ4v) is 3.52. The van der Waals surface area contributed by atoms with Crippen LogP contribution in [0.4, 0.5) is 4.39 Å². The van der Waals surface area contributed by atoms with Gasteiger partial charge in [-0.1, -0.05) is 15.9 Å². The molecule has 1 N–H and O–H groups in total. The van der Waals surface area contributed by atoms with Crippen molar-refractivity contribution in [2.24, 2.45) is 0 Å². The molecule has 3 nitrogen and oxygen atoms in total. The number of rotatable bonds is 3. The molecule has 0 radical (unpaired) electrons. The molecular weight excluding hydrogens is 357 g/mol. The van der Waals surface area contributed by atoms with Crippen molar-refractivity contribution in [2.45, 2.75) is 19.0 Å². The summed E-state index contributed by atoms with van der Waals surface area (Å²) in [7, 11) is 0. The number of hydrogen-bond donors (Lipinski definition) is 1. The molecule has 0 amide bonds. The summed E-state index contributed by atoms with van der Waals surface area (Å²) in [5, 5.41) is 3.43. The van der Waals surface area contributed by atoms with Gasteiger partial charge in [-0.25, -0.2) is 4.39 Å². The van der Waals surface area contributed by atoms with Gasteiger partial charge in [-0.3, -0.25) is 9.80 Å². The Hall–Kier alpha value is -0.200. The zero-order valence-electron chi connectivity index (χ0n) is 12.0. The Kier molecular flexibility index (Phi) is 6.44. The third kappa shape index (κ3) is 4.39. The number of benzene rings is 1. The number of nitrogens with one attached hydrogen (secondary N) is 1. The predicted octanol–water partition coefficient (Wildman–Crippen LogP) is 2.49. The van der Waals surface area contributed by atoms with E-state index in [1.807, 2.05) is 0 Å². The molecule has 0 saturated carbocycles. The molecule has 1 aromatic rings. The number of halogens is 3. The monoisotopic (exact) mass is 377 g/mol. The van der Waals surface area contributed by atoms with E-state index in [4.69, 9.17) is 0 Å². The SMILES string of the molecule is Cl.Fc1ccc(Br)c(CN2CCN(C3CCNC3)CC2)c1. The molecule has 0 bridgehead atoms. The van der Waals surface area contributed by atoms with E-state index in [1.54, 1.807) is 12.1 Å². The van der Waals surface area contributed by atoms with E-state index in [1.165, 1.54) is 12.5 Å². The molecule has 1 atom stereocenters. The van der Waals surface area contributed by atoms with Crippen LogP contribution in [-0.4, -0.2) is 55.1 Å². The molecular formula is C15H22BrClFN3. The Labute approximate surface area is 140 Å². The number of nitrogens with zero attached hydrogens (tertiary/aromatic N) is 2. The largest absolute Gasteiger partial charge is 0.315 e. The summed E-state index contributed by atoms with van der Waals surface area (Å²) in [5.74, 6) is -0.154. The second kappa shape index (κ2) is 7.88. The van der Waals surface area contributed by atoms with Crippen LogP contribution < -0.4 is 5.32 Å². The van der Waals surface area contributed by atoms with Crippen LogP contribution in [0.3, 0.4) is 0 Å². The van der Waals surface area contributed by atoms with Crippen molar-refractivity contribution < 1.29 is 4.39 Å². The van der Waals surface area contributed by atoms with Gasteiger partial charge in [0.1, 0.15) is 5.82 Å². The Morgan fingerprint density at radius 2 is 2.00 bits per heavy atom. The third-order valence-electron chi connectivity index (χ3n) is 4.36. The minimum absolute atomic E-state index is 0. The van der Waals surface area contributed by atoms with Crippen molar-refractivity contribution in [1.29, 1.82) is 0 Å². The fraction of sp³-hybridized carbons (Fsp3) is 0.600. The second-order valence-electron chi connectivity index (χ2n) is 5.69. The lowest BCUT2D eigenvalue weighted by atomic mass is 10.1. The average molecular weight is 379 g/mol. The molecule has 6 heteroatoms. The molecule has 1 aromatic carbocycles. The highest BCUT2D eigenvalue weighted by Gasteiger charge is 2.26. The summed E-state index contributed by atoms with van der Waals surface area (Å²) in [5.41, 5.74) is 1.04. The van der Waals surface area contributed by atoms with E-state index in [0.29, 0.717) is 0 Å². The molecule has 3 rings (SSSR count). The summed E-state index contributed by atoms with van der Waals surface area (Å²) >= 11 is 3.51. The van der Waals surface area contributed by atoms with E-state index in [9.17, 15) is 4.39 Å². The minimum atomic E-state index is -0.154. The summed E-state index contributed by atoms with van der Waals surface area (Å²) in [6.07, 6.45) is 1.27. The lowest BCUT2D eigenvalue weighted by Gasteiger charge is -2.37. The molecule has 2 aliphatic heterocycles. The molecule has 1 unspecified atom stereocenters. The second-order valence-corrected chi connectivity index (χ2v) is 6.55. The van der Waals surface area contributed by atoms with Gasteiger partial charge in [0.2, 0.25) is 0 Å². The number of piperazine rings is 1. The van der Waals surface area contributed by atoms with E-state index in [-0.39, 0.29) is 18.2 Å². The van der Waals surface area contributed by atoms with Crippen molar-refractivity contribution >= 4 is 28.3 Å².